The molecule has 0 radical (unpaired) electrons. The van der Waals surface area contributed by atoms with Crippen LogP contribution in [0.25, 0.3) is 0 Å². The number of nitrogens with zero attached hydrogens (tertiary/aromatic N) is 1. The molecule has 0 unspecified atom stereocenters. The molecule has 3 N–H and O–H groups in total. The molecule has 2 aliphatic rings. The van der Waals surface area contributed by atoms with Gasteiger partial charge in [0.05, 0.1) is 11.2 Å². The Labute approximate surface area is 165 Å². The predicted octanol–water partition coefficient (Wildman–Crippen LogP) is 2.15. The average molecular weight is 389 g/mol. The maximum Gasteiger partial charge on any atom is 0.495 e. The molecule has 1 saturated carbocycles. The molecular formula is C19H28BN3O5. The van der Waals surface area contributed by atoms with Crippen LogP contribution in [0.5, 0.6) is 0 Å². The van der Waals surface area contributed by atoms with E-state index in [9.17, 15) is 9.59 Å². The zero-order valence-corrected chi connectivity index (χ0v) is 16.8. The third-order valence-corrected chi connectivity index (χ3v) is 5.93. The average Bonchev–Trinajstić information content (AvgIpc) is 2.82. The molecule has 2 heterocycles. The van der Waals surface area contributed by atoms with Crippen LogP contribution >= 0.6 is 0 Å². The number of aromatic nitrogens is 1. The lowest BCUT2D eigenvalue weighted by atomic mass is 9.79. The first-order valence-corrected chi connectivity index (χ1v) is 9.69. The van der Waals surface area contributed by atoms with Crippen LogP contribution in [0.15, 0.2) is 18.3 Å². The number of rotatable bonds is 4. The first-order valence-electron chi connectivity index (χ1n) is 9.69. The molecule has 0 aromatic carbocycles. The van der Waals surface area contributed by atoms with Gasteiger partial charge in [-0.05, 0) is 64.6 Å². The number of carbonyl (C=O) groups excluding carboxylic acids is 1. The van der Waals surface area contributed by atoms with E-state index in [1.54, 1.807) is 12.3 Å². The molecule has 2 amide bonds. The molecule has 1 saturated heterocycles. The van der Waals surface area contributed by atoms with E-state index in [0.29, 0.717) is 12.2 Å². The molecule has 1 aromatic heterocycles. The smallest absolute Gasteiger partial charge is 0.465 e. The molecule has 3 rings (SSSR count). The zero-order chi connectivity index (χ0) is 20.5. The number of hydrogen-bond donors (Lipinski definition) is 3. The molecular weight excluding hydrogens is 361 g/mol. The number of anilines is 1. The maximum atomic E-state index is 12.6. The van der Waals surface area contributed by atoms with E-state index in [-0.39, 0.29) is 17.9 Å². The standard InChI is InChI=1S/C19H28BN3O5/c1-18(2)19(3,4)28-20(27-18)13-8-9-21-15(11-13)23-16(24)12-6-5-7-14(10-12)22-17(25)26/h8-9,11-12,14,22H,5-7,10H2,1-4H3,(H,25,26)(H,21,23,24)/t12-,14+/m0/s1. The number of pyridine rings is 1. The van der Waals surface area contributed by atoms with Crippen LogP contribution in [0.4, 0.5) is 10.6 Å². The van der Waals surface area contributed by atoms with Gasteiger partial charge >= 0.3 is 13.2 Å². The summed E-state index contributed by atoms with van der Waals surface area (Å²) in [5.41, 5.74) is -0.102. The molecule has 28 heavy (non-hydrogen) atoms. The molecule has 8 nitrogen and oxygen atoms in total. The van der Waals surface area contributed by atoms with Crippen molar-refractivity contribution in [3.05, 3.63) is 18.3 Å². The first-order chi connectivity index (χ1) is 13.1. The second-order valence-electron chi connectivity index (χ2n) is 8.56. The van der Waals surface area contributed by atoms with Gasteiger partial charge < -0.3 is 25.0 Å². The Balaban J connectivity index is 1.65. The van der Waals surface area contributed by atoms with Crippen LogP contribution in [-0.4, -0.2) is 46.5 Å². The molecule has 2 atom stereocenters. The summed E-state index contributed by atoms with van der Waals surface area (Å²) in [5.74, 6) is 0.0499. The molecule has 9 heteroatoms. The van der Waals surface area contributed by atoms with E-state index < -0.39 is 24.4 Å². The number of carbonyl (C=O) groups is 2. The topological polar surface area (TPSA) is 110 Å². The van der Waals surface area contributed by atoms with Crippen molar-refractivity contribution < 1.29 is 24.0 Å². The summed E-state index contributed by atoms with van der Waals surface area (Å²) in [6.45, 7) is 7.95. The second-order valence-corrected chi connectivity index (χ2v) is 8.56. The number of amides is 2. The van der Waals surface area contributed by atoms with Crippen molar-refractivity contribution in [2.45, 2.75) is 70.6 Å². The quantitative estimate of drug-likeness (QED) is 0.681. The van der Waals surface area contributed by atoms with Crippen LogP contribution in [0.1, 0.15) is 53.4 Å². The van der Waals surface area contributed by atoms with E-state index in [4.69, 9.17) is 14.4 Å². The van der Waals surface area contributed by atoms with Crippen molar-refractivity contribution in [1.29, 1.82) is 0 Å². The number of nitrogens with one attached hydrogen (secondary N) is 2. The Morgan fingerprint density at radius 2 is 1.89 bits per heavy atom. The Hall–Kier alpha value is -2.13. The fourth-order valence-electron chi connectivity index (χ4n) is 3.60. The monoisotopic (exact) mass is 389 g/mol. The lowest BCUT2D eigenvalue weighted by Crippen LogP contribution is -2.41. The highest BCUT2D eigenvalue weighted by Gasteiger charge is 2.51. The number of hydrogen-bond acceptors (Lipinski definition) is 5. The summed E-state index contributed by atoms with van der Waals surface area (Å²) >= 11 is 0. The second kappa shape index (κ2) is 7.71. The van der Waals surface area contributed by atoms with E-state index >= 15 is 0 Å². The molecule has 1 aliphatic heterocycles. The SMILES string of the molecule is CC1(C)OB(c2ccnc(NC(=O)[C@H]3CCC[C@@H](NC(=O)O)C3)c2)OC1(C)C. The predicted molar refractivity (Wildman–Crippen MR) is 105 cm³/mol. The molecule has 1 aromatic rings. The summed E-state index contributed by atoms with van der Waals surface area (Å²) in [6, 6.07) is 3.38. The summed E-state index contributed by atoms with van der Waals surface area (Å²) in [5, 5.41) is 14.2. The fourth-order valence-corrected chi connectivity index (χ4v) is 3.60. The van der Waals surface area contributed by atoms with E-state index in [0.717, 1.165) is 24.7 Å². The van der Waals surface area contributed by atoms with E-state index in [1.165, 1.54) is 0 Å². The van der Waals surface area contributed by atoms with Crippen molar-refractivity contribution in [1.82, 2.24) is 10.3 Å². The van der Waals surface area contributed by atoms with E-state index in [1.807, 2.05) is 33.8 Å². The summed E-state index contributed by atoms with van der Waals surface area (Å²) in [7, 11) is -0.525. The number of carboxylic acid groups (broad SMARTS) is 1. The van der Waals surface area contributed by atoms with Crippen LogP contribution in [0, 0.1) is 5.92 Å². The van der Waals surface area contributed by atoms with Gasteiger partial charge in [-0.2, -0.15) is 0 Å². The highest BCUT2D eigenvalue weighted by Crippen LogP contribution is 2.36. The molecule has 0 bridgehead atoms. The third-order valence-electron chi connectivity index (χ3n) is 5.93. The minimum absolute atomic E-state index is 0.143. The summed E-state index contributed by atoms with van der Waals surface area (Å²) < 4.78 is 12.1. The van der Waals surface area contributed by atoms with Gasteiger partial charge in [0.1, 0.15) is 5.82 Å². The van der Waals surface area contributed by atoms with Gasteiger partial charge in [0.25, 0.3) is 0 Å². The third kappa shape index (κ3) is 4.47. The fraction of sp³-hybridized carbons (Fsp3) is 0.632. The molecule has 1 aliphatic carbocycles. The highest BCUT2D eigenvalue weighted by atomic mass is 16.7. The first kappa shape index (κ1) is 20.6. The Morgan fingerprint density at radius 3 is 2.54 bits per heavy atom. The van der Waals surface area contributed by atoms with Gasteiger partial charge in [-0.25, -0.2) is 9.78 Å². The zero-order valence-electron chi connectivity index (χ0n) is 16.8. The molecule has 2 fully saturated rings. The van der Waals surface area contributed by atoms with Gasteiger partial charge in [-0.15, -0.1) is 0 Å². The summed E-state index contributed by atoms with van der Waals surface area (Å²) in [6.07, 6.45) is 3.36. The van der Waals surface area contributed by atoms with Crippen molar-refractivity contribution in [3.63, 3.8) is 0 Å². The summed E-state index contributed by atoms with van der Waals surface area (Å²) in [4.78, 5) is 27.7. The van der Waals surface area contributed by atoms with Crippen molar-refractivity contribution >= 4 is 30.4 Å². The highest BCUT2D eigenvalue weighted by molar-refractivity contribution is 6.62. The lowest BCUT2D eigenvalue weighted by molar-refractivity contribution is -0.121. The van der Waals surface area contributed by atoms with Crippen molar-refractivity contribution in [2.24, 2.45) is 5.92 Å². The van der Waals surface area contributed by atoms with Gasteiger partial charge in [-0.1, -0.05) is 6.42 Å². The Bertz CT molecular complexity index is 739. The van der Waals surface area contributed by atoms with Gasteiger partial charge in [0, 0.05) is 18.2 Å². The van der Waals surface area contributed by atoms with Gasteiger partial charge in [0.2, 0.25) is 5.91 Å². The van der Waals surface area contributed by atoms with Gasteiger partial charge in [0.15, 0.2) is 0 Å². The maximum absolute atomic E-state index is 12.6. The Morgan fingerprint density at radius 1 is 1.21 bits per heavy atom. The van der Waals surface area contributed by atoms with Crippen LogP contribution < -0.4 is 16.1 Å². The minimum atomic E-state index is -1.05. The van der Waals surface area contributed by atoms with Crippen LogP contribution in [0.3, 0.4) is 0 Å². The molecule has 152 valence electrons. The molecule has 0 spiro atoms. The van der Waals surface area contributed by atoms with Crippen molar-refractivity contribution in [3.8, 4) is 0 Å². The normalized spacial score (nSPS) is 25.9. The van der Waals surface area contributed by atoms with Crippen LogP contribution in [-0.2, 0) is 14.1 Å². The van der Waals surface area contributed by atoms with Crippen LogP contribution in [0.2, 0.25) is 0 Å². The van der Waals surface area contributed by atoms with E-state index in [2.05, 4.69) is 15.6 Å². The lowest BCUT2D eigenvalue weighted by Gasteiger charge is -2.32. The largest absolute Gasteiger partial charge is 0.495 e. The Kier molecular flexibility index (Phi) is 5.68. The van der Waals surface area contributed by atoms with Crippen molar-refractivity contribution in [2.75, 3.05) is 5.32 Å². The minimum Gasteiger partial charge on any atom is -0.465 e. The van der Waals surface area contributed by atoms with Gasteiger partial charge in [-0.3, -0.25) is 4.79 Å².